The minimum absolute atomic E-state index is 0.0898. The van der Waals surface area contributed by atoms with E-state index in [9.17, 15) is 22.4 Å². The smallest absolute Gasteiger partial charge is 0.321 e. The van der Waals surface area contributed by atoms with E-state index in [1.807, 2.05) is 0 Å². The Morgan fingerprint density at radius 2 is 1.50 bits per heavy atom. The van der Waals surface area contributed by atoms with Crippen LogP contribution in [0, 0.1) is 5.82 Å². The number of carbonyl (C=O) groups excluding carboxylic acids is 2. The van der Waals surface area contributed by atoms with Gasteiger partial charge in [-0.3, -0.25) is 4.79 Å². The maximum absolute atomic E-state index is 13.0. The first kappa shape index (κ1) is 21.7. The van der Waals surface area contributed by atoms with Crippen molar-refractivity contribution in [3.8, 4) is 0 Å². The first-order valence-corrected chi connectivity index (χ1v) is 10.9. The van der Waals surface area contributed by atoms with Gasteiger partial charge < -0.3 is 15.1 Å². The van der Waals surface area contributed by atoms with E-state index in [0.29, 0.717) is 18.8 Å². The standard InChI is InChI=1S/C20H23FN4O4S/c1-15(23-30(28,29)18-5-3-2-4-6-18)19(26)24-11-13-25(14-12-24)20(27)22-17-9-7-16(21)8-10-17/h2-10,15,23H,11-14H2,1H3,(H,22,27)/t15-/m0/s1. The average Bonchev–Trinajstić information content (AvgIpc) is 2.75. The Morgan fingerprint density at radius 1 is 0.933 bits per heavy atom. The normalized spacial score (nSPS) is 15.5. The summed E-state index contributed by atoms with van der Waals surface area (Å²) in [5, 5.41) is 2.68. The van der Waals surface area contributed by atoms with Gasteiger partial charge in [0.25, 0.3) is 0 Å². The Bertz CT molecular complexity index is 991. The molecule has 0 unspecified atom stereocenters. The van der Waals surface area contributed by atoms with Crippen LogP contribution < -0.4 is 10.0 Å². The maximum Gasteiger partial charge on any atom is 0.321 e. The Hall–Kier alpha value is -2.98. The molecule has 2 aromatic carbocycles. The van der Waals surface area contributed by atoms with Gasteiger partial charge in [0, 0.05) is 31.9 Å². The van der Waals surface area contributed by atoms with Crippen molar-refractivity contribution in [1.82, 2.24) is 14.5 Å². The monoisotopic (exact) mass is 434 g/mol. The van der Waals surface area contributed by atoms with Crippen molar-refractivity contribution in [3.05, 3.63) is 60.4 Å². The summed E-state index contributed by atoms with van der Waals surface area (Å²) in [4.78, 5) is 28.1. The van der Waals surface area contributed by atoms with E-state index in [0.717, 1.165) is 0 Å². The van der Waals surface area contributed by atoms with Gasteiger partial charge in [-0.1, -0.05) is 18.2 Å². The molecule has 1 aliphatic rings. The number of hydrogen-bond donors (Lipinski definition) is 2. The topological polar surface area (TPSA) is 98.8 Å². The molecule has 2 N–H and O–H groups in total. The minimum atomic E-state index is -3.80. The fourth-order valence-electron chi connectivity index (χ4n) is 3.09. The van der Waals surface area contributed by atoms with Crippen LogP contribution >= 0.6 is 0 Å². The number of sulfonamides is 1. The second-order valence-electron chi connectivity index (χ2n) is 6.91. The van der Waals surface area contributed by atoms with Crippen molar-refractivity contribution < 1.29 is 22.4 Å². The van der Waals surface area contributed by atoms with E-state index in [2.05, 4.69) is 10.0 Å². The summed E-state index contributed by atoms with van der Waals surface area (Å²) in [5.41, 5.74) is 0.476. The molecule has 10 heteroatoms. The second kappa shape index (κ2) is 9.23. The molecule has 0 saturated carbocycles. The molecule has 1 saturated heterocycles. The van der Waals surface area contributed by atoms with Crippen molar-refractivity contribution in [1.29, 1.82) is 0 Å². The number of amides is 3. The molecule has 0 aliphatic carbocycles. The van der Waals surface area contributed by atoms with E-state index in [1.54, 1.807) is 23.1 Å². The van der Waals surface area contributed by atoms with Gasteiger partial charge in [-0.25, -0.2) is 17.6 Å². The van der Waals surface area contributed by atoms with Crippen LogP contribution in [0.2, 0.25) is 0 Å². The van der Waals surface area contributed by atoms with Crippen molar-refractivity contribution in [3.63, 3.8) is 0 Å². The Kier molecular flexibility index (Phi) is 6.68. The number of nitrogens with one attached hydrogen (secondary N) is 2. The van der Waals surface area contributed by atoms with Gasteiger partial charge >= 0.3 is 6.03 Å². The fraction of sp³-hybridized carbons (Fsp3) is 0.300. The van der Waals surface area contributed by atoms with Crippen molar-refractivity contribution in [2.75, 3.05) is 31.5 Å². The highest BCUT2D eigenvalue weighted by Crippen LogP contribution is 2.12. The second-order valence-corrected chi connectivity index (χ2v) is 8.62. The summed E-state index contributed by atoms with van der Waals surface area (Å²) < 4.78 is 40.2. The Labute approximate surface area is 174 Å². The molecule has 1 aliphatic heterocycles. The maximum atomic E-state index is 13.0. The van der Waals surface area contributed by atoms with Gasteiger partial charge in [-0.15, -0.1) is 0 Å². The van der Waals surface area contributed by atoms with Gasteiger partial charge in [0.2, 0.25) is 15.9 Å². The molecule has 1 heterocycles. The average molecular weight is 434 g/mol. The molecule has 3 rings (SSSR count). The zero-order valence-corrected chi connectivity index (χ0v) is 17.2. The third kappa shape index (κ3) is 5.33. The van der Waals surface area contributed by atoms with Crippen molar-refractivity contribution in [2.24, 2.45) is 0 Å². The molecule has 160 valence electrons. The van der Waals surface area contributed by atoms with Gasteiger partial charge in [0.1, 0.15) is 5.82 Å². The SMILES string of the molecule is C[C@H](NS(=O)(=O)c1ccccc1)C(=O)N1CCN(C(=O)Nc2ccc(F)cc2)CC1. The molecule has 3 amide bonds. The lowest BCUT2D eigenvalue weighted by Gasteiger charge is -2.36. The van der Waals surface area contributed by atoms with Crippen LogP contribution in [-0.2, 0) is 14.8 Å². The van der Waals surface area contributed by atoms with E-state index < -0.39 is 21.9 Å². The highest BCUT2D eigenvalue weighted by Gasteiger charge is 2.29. The molecule has 0 spiro atoms. The van der Waals surface area contributed by atoms with E-state index in [-0.39, 0.29) is 29.9 Å². The summed E-state index contributed by atoms with van der Waals surface area (Å²) >= 11 is 0. The number of anilines is 1. The van der Waals surface area contributed by atoms with Gasteiger partial charge in [0.05, 0.1) is 10.9 Å². The lowest BCUT2D eigenvalue weighted by molar-refractivity contribution is -0.133. The number of halogens is 1. The third-order valence-electron chi connectivity index (χ3n) is 4.73. The first-order chi connectivity index (χ1) is 14.3. The molecular formula is C20H23FN4O4S. The predicted molar refractivity (Wildman–Crippen MR) is 110 cm³/mol. The predicted octanol–water partition coefficient (Wildman–Crippen LogP) is 1.87. The van der Waals surface area contributed by atoms with Gasteiger partial charge in [-0.05, 0) is 43.3 Å². The first-order valence-electron chi connectivity index (χ1n) is 9.44. The van der Waals surface area contributed by atoms with Gasteiger partial charge in [-0.2, -0.15) is 4.72 Å². The summed E-state index contributed by atoms with van der Waals surface area (Å²) in [5.74, 6) is -0.745. The summed E-state index contributed by atoms with van der Waals surface area (Å²) in [7, 11) is -3.80. The van der Waals surface area contributed by atoms with Crippen LogP contribution in [0.1, 0.15) is 6.92 Å². The minimum Gasteiger partial charge on any atom is -0.338 e. The van der Waals surface area contributed by atoms with E-state index in [4.69, 9.17) is 0 Å². The zero-order valence-electron chi connectivity index (χ0n) is 16.4. The lowest BCUT2D eigenvalue weighted by Crippen LogP contribution is -2.55. The molecule has 0 bridgehead atoms. The Morgan fingerprint density at radius 3 is 2.10 bits per heavy atom. The molecule has 0 radical (unpaired) electrons. The number of urea groups is 1. The summed E-state index contributed by atoms with van der Waals surface area (Å²) in [6, 6.07) is 12.0. The Balaban J connectivity index is 1.52. The number of hydrogen-bond acceptors (Lipinski definition) is 4. The number of nitrogens with zero attached hydrogens (tertiary/aromatic N) is 2. The molecule has 8 nitrogen and oxygen atoms in total. The molecule has 1 fully saturated rings. The van der Waals surface area contributed by atoms with Gasteiger partial charge in [0.15, 0.2) is 0 Å². The van der Waals surface area contributed by atoms with Crippen molar-refractivity contribution >= 4 is 27.6 Å². The zero-order chi connectivity index (χ0) is 21.7. The molecular weight excluding hydrogens is 411 g/mol. The number of carbonyl (C=O) groups is 2. The number of rotatable bonds is 5. The van der Waals surface area contributed by atoms with Crippen LogP contribution in [0.25, 0.3) is 0 Å². The highest BCUT2D eigenvalue weighted by molar-refractivity contribution is 7.89. The lowest BCUT2D eigenvalue weighted by atomic mass is 10.2. The summed E-state index contributed by atoms with van der Waals surface area (Å²) in [6.07, 6.45) is 0. The number of benzene rings is 2. The van der Waals surface area contributed by atoms with Crippen LogP contribution in [0.15, 0.2) is 59.5 Å². The molecule has 2 aromatic rings. The molecule has 1 atom stereocenters. The fourth-order valence-corrected chi connectivity index (χ4v) is 4.31. The van der Waals surface area contributed by atoms with E-state index in [1.165, 1.54) is 48.2 Å². The third-order valence-corrected chi connectivity index (χ3v) is 6.29. The van der Waals surface area contributed by atoms with Crippen LogP contribution in [0.4, 0.5) is 14.9 Å². The summed E-state index contributed by atoms with van der Waals surface area (Å²) in [6.45, 7) is 2.67. The molecule has 30 heavy (non-hydrogen) atoms. The molecule has 0 aromatic heterocycles. The van der Waals surface area contributed by atoms with E-state index >= 15 is 0 Å². The number of piperazine rings is 1. The van der Waals surface area contributed by atoms with Crippen molar-refractivity contribution in [2.45, 2.75) is 17.9 Å². The largest absolute Gasteiger partial charge is 0.338 e. The van der Waals surface area contributed by atoms with Crippen LogP contribution in [-0.4, -0.2) is 62.4 Å². The quantitative estimate of drug-likeness (QED) is 0.751. The van der Waals surface area contributed by atoms with Crippen LogP contribution in [0.3, 0.4) is 0 Å². The van der Waals surface area contributed by atoms with Crippen LogP contribution in [0.5, 0.6) is 0 Å². The highest BCUT2D eigenvalue weighted by atomic mass is 32.2.